The summed E-state index contributed by atoms with van der Waals surface area (Å²) in [5, 5.41) is 0.983. The van der Waals surface area contributed by atoms with Gasteiger partial charge in [-0.1, -0.05) is 0 Å². The van der Waals surface area contributed by atoms with E-state index in [4.69, 9.17) is 9.57 Å². The van der Waals surface area contributed by atoms with E-state index in [1.54, 1.807) is 30.5 Å². The number of alkyl halides is 3. The number of hydrogen-bond donors (Lipinski definition) is 0. The first-order chi connectivity index (χ1) is 14.9. The third kappa shape index (κ3) is 4.09. The van der Waals surface area contributed by atoms with Crippen LogP contribution in [0.3, 0.4) is 0 Å². The molecule has 0 saturated carbocycles. The third-order valence-electron chi connectivity index (χ3n) is 4.72. The van der Waals surface area contributed by atoms with Crippen molar-refractivity contribution in [3.8, 4) is 11.5 Å². The van der Waals surface area contributed by atoms with Gasteiger partial charge in [-0.2, -0.15) is 13.2 Å². The van der Waals surface area contributed by atoms with Gasteiger partial charge in [-0.15, -0.1) is 5.06 Å². The maximum atomic E-state index is 13.5. The molecule has 7 nitrogen and oxygen atoms in total. The highest BCUT2D eigenvalue weighted by Crippen LogP contribution is 2.42. The molecule has 0 aliphatic carbocycles. The standard InChI is InChI=1S/C21H17F3N4O3/c1-30-19-10-14-6-9-27(18(14)11-17(19)21(22,23)24)20(29)28(15-4-2-7-25-12-15)31-16-5-3-8-26-13-16/h2-5,7-8,10-13H,6,9H2,1H3. The zero-order valence-electron chi connectivity index (χ0n) is 16.3. The van der Waals surface area contributed by atoms with Gasteiger partial charge in [0.2, 0.25) is 0 Å². The number of benzene rings is 1. The molecule has 1 aliphatic rings. The van der Waals surface area contributed by atoms with Crippen molar-refractivity contribution in [3.05, 3.63) is 72.3 Å². The van der Waals surface area contributed by atoms with Gasteiger partial charge < -0.3 is 9.57 Å². The van der Waals surface area contributed by atoms with Crippen LogP contribution in [-0.4, -0.2) is 29.7 Å². The fraction of sp³-hybridized carbons (Fsp3) is 0.190. The number of anilines is 2. The summed E-state index contributed by atoms with van der Waals surface area (Å²) in [5.74, 6) is 0.00103. The molecule has 160 valence electrons. The highest BCUT2D eigenvalue weighted by Gasteiger charge is 2.39. The van der Waals surface area contributed by atoms with Crippen LogP contribution < -0.4 is 19.5 Å². The number of pyridine rings is 2. The molecule has 0 unspecified atom stereocenters. The summed E-state index contributed by atoms with van der Waals surface area (Å²) in [6.45, 7) is 0.186. The van der Waals surface area contributed by atoms with E-state index in [1.165, 1.54) is 36.7 Å². The second-order valence-electron chi connectivity index (χ2n) is 6.65. The summed E-state index contributed by atoms with van der Waals surface area (Å²) in [4.78, 5) is 28.3. The second kappa shape index (κ2) is 8.13. The van der Waals surface area contributed by atoms with Gasteiger partial charge in [0.05, 0.1) is 25.1 Å². The molecule has 2 amide bonds. The number of ether oxygens (including phenoxy) is 1. The van der Waals surface area contributed by atoms with E-state index in [1.807, 2.05) is 0 Å². The van der Waals surface area contributed by atoms with Crippen LogP contribution in [0, 0.1) is 0 Å². The zero-order chi connectivity index (χ0) is 22.0. The molecule has 0 fully saturated rings. The first kappa shape index (κ1) is 20.5. The van der Waals surface area contributed by atoms with Gasteiger partial charge in [0.1, 0.15) is 11.4 Å². The van der Waals surface area contributed by atoms with Crippen molar-refractivity contribution in [3.63, 3.8) is 0 Å². The van der Waals surface area contributed by atoms with Crippen LogP contribution >= 0.6 is 0 Å². The van der Waals surface area contributed by atoms with E-state index in [0.717, 1.165) is 11.1 Å². The zero-order valence-corrected chi connectivity index (χ0v) is 16.3. The predicted molar refractivity (Wildman–Crippen MR) is 106 cm³/mol. The quantitative estimate of drug-likeness (QED) is 0.571. The number of amides is 2. The summed E-state index contributed by atoms with van der Waals surface area (Å²) in [7, 11) is 1.18. The molecule has 31 heavy (non-hydrogen) atoms. The Bertz CT molecular complexity index is 1080. The fourth-order valence-electron chi connectivity index (χ4n) is 3.30. The molecular formula is C21H17F3N4O3. The molecule has 1 aliphatic heterocycles. The van der Waals surface area contributed by atoms with Crippen LogP contribution in [0.4, 0.5) is 29.3 Å². The highest BCUT2D eigenvalue weighted by molar-refractivity contribution is 6.03. The van der Waals surface area contributed by atoms with E-state index in [2.05, 4.69) is 9.97 Å². The number of halogens is 3. The Morgan fingerprint density at radius 1 is 1.13 bits per heavy atom. The minimum atomic E-state index is -4.63. The number of carbonyl (C=O) groups is 1. The van der Waals surface area contributed by atoms with E-state index < -0.39 is 17.8 Å². The van der Waals surface area contributed by atoms with Crippen molar-refractivity contribution in [1.29, 1.82) is 0 Å². The lowest BCUT2D eigenvalue weighted by Crippen LogP contribution is -2.45. The third-order valence-corrected chi connectivity index (χ3v) is 4.72. The average molecular weight is 430 g/mol. The SMILES string of the molecule is COc1cc2c(cc1C(F)(F)F)N(C(=O)N(Oc1cccnc1)c1cccnc1)CC2. The molecule has 2 aromatic heterocycles. The first-order valence-electron chi connectivity index (χ1n) is 9.26. The first-order valence-corrected chi connectivity index (χ1v) is 9.26. The summed E-state index contributed by atoms with van der Waals surface area (Å²) in [6.07, 6.45) is 1.66. The monoisotopic (exact) mass is 430 g/mol. The number of fused-ring (bicyclic) bond motifs is 1. The van der Waals surface area contributed by atoms with Crippen LogP contribution in [0.1, 0.15) is 11.1 Å². The number of hydroxylamine groups is 1. The van der Waals surface area contributed by atoms with E-state index >= 15 is 0 Å². The van der Waals surface area contributed by atoms with Crippen LogP contribution in [0.25, 0.3) is 0 Å². The highest BCUT2D eigenvalue weighted by atomic mass is 19.4. The number of methoxy groups -OCH3 is 1. The summed E-state index contributed by atoms with van der Waals surface area (Å²) < 4.78 is 45.4. The maximum Gasteiger partial charge on any atom is 0.420 e. The van der Waals surface area contributed by atoms with E-state index in [-0.39, 0.29) is 23.7 Å². The summed E-state index contributed by atoms with van der Waals surface area (Å²) in [5.41, 5.74) is 0.0939. The van der Waals surface area contributed by atoms with Gasteiger partial charge in [-0.05, 0) is 48.4 Å². The summed E-state index contributed by atoms with van der Waals surface area (Å²) >= 11 is 0. The van der Waals surface area contributed by atoms with Gasteiger partial charge in [-0.3, -0.25) is 14.9 Å². The van der Waals surface area contributed by atoms with Crippen molar-refractivity contribution in [1.82, 2.24) is 9.97 Å². The molecule has 3 heterocycles. The number of nitrogens with zero attached hydrogens (tertiary/aromatic N) is 4. The van der Waals surface area contributed by atoms with Crippen LogP contribution in [0.15, 0.2) is 61.2 Å². The van der Waals surface area contributed by atoms with Crippen LogP contribution in [0.2, 0.25) is 0 Å². The molecule has 1 aromatic carbocycles. The normalized spacial score (nSPS) is 13.0. The van der Waals surface area contributed by atoms with E-state index in [0.29, 0.717) is 17.7 Å². The Balaban J connectivity index is 1.72. The largest absolute Gasteiger partial charge is 0.496 e. The second-order valence-corrected chi connectivity index (χ2v) is 6.65. The fourth-order valence-corrected chi connectivity index (χ4v) is 3.30. The van der Waals surface area contributed by atoms with Gasteiger partial charge >= 0.3 is 12.2 Å². The van der Waals surface area contributed by atoms with Gasteiger partial charge in [0.15, 0.2) is 5.75 Å². The minimum absolute atomic E-state index is 0.154. The Kier molecular flexibility index (Phi) is 5.37. The molecule has 0 saturated heterocycles. The minimum Gasteiger partial charge on any atom is -0.496 e. The Morgan fingerprint density at radius 3 is 2.48 bits per heavy atom. The van der Waals surface area contributed by atoms with Crippen molar-refractivity contribution >= 4 is 17.4 Å². The van der Waals surface area contributed by atoms with Crippen molar-refractivity contribution in [2.75, 3.05) is 23.6 Å². The summed E-state index contributed by atoms with van der Waals surface area (Å²) in [6, 6.07) is 8.06. The van der Waals surface area contributed by atoms with E-state index in [9.17, 15) is 18.0 Å². The number of rotatable bonds is 4. The average Bonchev–Trinajstić information content (AvgIpc) is 3.20. The van der Waals surface area contributed by atoms with Gasteiger partial charge in [0, 0.05) is 24.6 Å². The molecular weight excluding hydrogens is 413 g/mol. The van der Waals surface area contributed by atoms with Crippen molar-refractivity contribution < 1.29 is 27.5 Å². The molecule has 4 rings (SSSR count). The van der Waals surface area contributed by atoms with Crippen molar-refractivity contribution in [2.45, 2.75) is 12.6 Å². The number of urea groups is 1. The molecule has 0 atom stereocenters. The lowest BCUT2D eigenvalue weighted by atomic mass is 10.1. The van der Waals surface area contributed by atoms with Crippen LogP contribution in [-0.2, 0) is 12.6 Å². The lowest BCUT2D eigenvalue weighted by Gasteiger charge is -2.27. The number of hydrogen-bond acceptors (Lipinski definition) is 5. The Hall–Kier alpha value is -3.82. The molecule has 0 spiro atoms. The number of carbonyl (C=O) groups excluding carboxylic acids is 1. The maximum absolute atomic E-state index is 13.5. The molecule has 0 radical (unpaired) electrons. The van der Waals surface area contributed by atoms with Gasteiger partial charge in [-0.25, -0.2) is 4.79 Å². The topological polar surface area (TPSA) is 67.8 Å². The Labute approximate surface area is 175 Å². The lowest BCUT2D eigenvalue weighted by molar-refractivity contribution is -0.138. The molecule has 10 heteroatoms. The van der Waals surface area contributed by atoms with Crippen molar-refractivity contribution in [2.24, 2.45) is 0 Å². The number of aromatic nitrogens is 2. The van der Waals surface area contributed by atoms with Gasteiger partial charge in [0.25, 0.3) is 0 Å². The molecule has 0 bridgehead atoms. The van der Waals surface area contributed by atoms with Crippen LogP contribution in [0.5, 0.6) is 11.5 Å². The smallest absolute Gasteiger partial charge is 0.420 e. The predicted octanol–water partition coefficient (Wildman–Crippen LogP) is 4.49. The molecule has 0 N–H and O–H groups in total. The molecule has 3 aromatic rings. The Morgan fingerprint density at radius 2 is 1.87 bits per heavy atom.